The quantitative estimate of drug-likeness (QED) is 0.643. The first-order valence-corrected chi connectivity index (χ1v) is 9.78. The molecule has 0 bridgehead atoms. The monoisotopic (exact) mass is 382 g/mol. The molecule has 2 aromatic heterocycles. The predicted octanol–water partition coefficient (Wildman–Crippen LogP) is 1.45. The van der Waals surface area contributed by atoms with Crippen molar-refractivity contribution in [3.05, 3.63) is 46.9 Å². The van der Waals surface area contributed by atoms with Crippen molar-refractivity contribution in [1.82, 2.24) is 24.1 Å². The Morgan fingerprint density at radius 3 is 2.82 bits per heavy atom. The number of rotatable bonds is 7. The van der Waals surface area contributed by atoms with Crippen molar-refractivity contribution in [2.24, 2.45) is 0 Å². The minimum absolute atomic E-state index is 0.139. The van der Waals surface area contributed by atoms with Gasteiger partial charge in [0.25, 0.3) is 0 Å². The van der Waals surface area contributed by atoms with Crippen LogP contribution in [0.15, 0.2) is 41.2 Å². The van der Waals surface area contributed by atoms with Crippen LogP contribution in [0.5, 0.6) is 0 Å². The van der Waals surface area contributed by atoms with E-state index in [0.29, 0.717) is 23.3 Å². The van der Waals surface area contributed by atoms with Crippen molar-refractivity contribution < 1.29 is 5.11 Å². The number of anilines is 1. The van der Waals surface area contributed by atoms with Gasteiger partial charge in [0, 0.05) is 24.2 Å². The lowest BCUT2D eigenvalue weighted by atomic mass is 10.1. The van der Waals surface area contributed by atoms with Gasteiger partial charge in [0.2, 0.25) is 5.95 Å². The van der Waals surface area contributed by atoms with Gasteiger partial charge in [-0.25, -0.2) is 4.79 Å². The summed E-state index contributed by atoms with van der Waals surface area (Å²) in [6.07, 6.45) is 3.43. The zero-order chi connectivity index (χ0) is 19.5. The molecule has 1 saturated heterocycles. The lowest BCUT2D eigenvalue weighted by Gasteiger charge is -2.20. The summed E-state index contributed by atoms with van der Waals surface area (Å²) in [6, 6.07) is 12.1. The van der Waals surface area contributed by atoms with Crippen LogP contribution in [0.2, 0.25) is 0 Å². The largest absolute Gasteiger partial charge is 0.395 e. The molecule has 28 heavy (non-hydrogen) atoms. The average Bonchev–Trinajstić information content (AvgIpc) is 3.32. The van der Waals surface area contributed by atoms with Crippen molar-refractivity contribution in [2.75, 3.05) is 32.1 Å². The fraction of sp³-hybridized carbons (Fsp3) is 0.450. The third-order valence-electron chi connectivity index (χ3n) is 5.40. The molecule has 1 aliphatic rings. The Morgan fingerprint density at radius 1 is 1.29 bits per heavy atom. The number of hydrogen-bond donors (Lipinski definition) is 2. The summed E-state index contributed by atoms with van der Waals surface area (Å²) < 4.78 is 2.75. The summed E-state index contributed by atoms with van der Waals surface area (Å²) >= 11 is 0. The third kappa shape index (κ3) is 3.65. The number of nitrogens with zero attached hydrogens (tertiary/aromatic N) is 5. The molecule has 1 aromatic carbocycles. The van der Waals surface area contributed by atoms with Gasteiger partial charge >= 0.3 is 5.69 Å². The number of fused-ring (bicyclic) bond motifs is 1. The second kappa shape index (κ2) is 8.12. The molecule has 8 heteroatoms. The highest BCUT2D eigenvalue weighted by Crippen LogP contribution is 2.19. The van der Waals surface area contributed by atoms with Crippen LogP contribution < -0.4 is 11.0 Å². The van der Waals surface area contributed by atoms with Gasteiger partial charge in [0.05, 0.1) is 18.8 Å². The van der Waals surface area contributed by atoms with Gasteiger partial charge in [-0.15, -0.1) is 0 Å². The number of aliphatic hydroxyl groups excluding tert-OH is 1. The maximum atomic E-state index is 12.9. The Morgan fingerprint density at radius 2 is 2.11 bits per heavy atom. The fourth-order valence-electron chi connectivity index (χ4n) is 3.85. The van der Waals surface area contributed by atoms with Crippen LogP contribution in [0.4, 0.5) is 5.95 Å². The summed E-state index contributed by atoms with van der Waals surface area (Å²) in [7, 11) is 2.15. The van der Waals surface area contributed by atoms with Crippen LogP contribution in [0.3, 0.4) is 0 Å². The van der Waals surface area contributed by atoms with E-state index in [2.05, 4.69) is 27.3 Å². The van der Waals surface area contributed by atoms with E-state index in [1.165, 1.54) is 21.9 Å². The van der Waals surface area contributed by atoms with E-state index in [4.69, 9.17) is 0 Å². The van der Waals surface area contributed by atoms with Crippen molar-refractivity contribution in [1.29, 1.82) is 0 Å². The predicted molar refractivity (Wildman–Crippen MR) is 109 cm³/mol. The van der Waals surface area contributed by atoms with Crippen LogP contribution in [0.25, 0.3) is 16.9 Å². The van der Waals surface area contributed by atoms with Crippen molar-refractivity contribution in [2.45, 2.75) is 31.8 Å². The van der Waals surface area contributed by atoms with Crippen LogP contribution >= 0.6 is 0 Å². The molecule has 8 nitrogen and oxygen atoms in total. The number of nitrogens with one attached hydrogen (secondary N) is 1. The number of aromatic nitrogens is 4. The van der Waals surface area contributed by atoms with E-state index in [0.717, 1.165) is 25.1 Å². The molecule has 4 rings (SSSR count). The Balaban J connectivity index is 1.63. The maximum absolute atomic E-state index is 12.9. The molecular weight excluding hydrogens is 356 g/mol. The molecule has 0 aliphatic carbocycles. The number of benzene rings is 1. The standard InChI is InChI=1S/C20H26N6O2/c1-24-11-5-8-16(24)9-10-21-19-22-18-14-17(15-6-3-2-4-7-15)23-26(18)20(28)25(19)12-13-27/h2-4,6-7,14,16,27H,5,8-13H2,1H3,(H,21,22). The van der Waals surface area contributed by atoms with E-state index >= 15 is 0 Å². The van der Waals surface area contributed by atoms with Gasteiger partial charge in [-0.3, -0.25) is 4.57 Å². The van der Waals surface area contributed by atoms with Crippen LogP contribution in [0, 0.1) is 0 Å². The Bertz CT molecular complexity index is 997. The first-order chi connectivity index (χ1) is 13.7. The molecule has 1 aliphatic heterocycles. The Hall–Kier alpha value is -2.71. The molecule has 2 N–H and O–H groups in total. The lowest BCUT2D eigenvalue weighted by molar-refractivity contribution is 0.272. The van der Waals surface area contributed by atoms with E-state index < -0.39 is 0 Å². The number of aliphatic hydroxyl groups is 1. The summed E-state index contributed by atoms with van der Waals surface area (Å²) in [5, 5.41) is 17.1. The lowest BCUT2D eigenvalue weighted by Crippen LogP contribution is -2.33. The van der Waals surface area contributed by atoms with E-state index in [-0.39, 0.29) is 18.8 Å². The highest BCUT2D eigenvalue weighted by Gasteiger charge is 2.20. The zero-order valence-corrected chi connectivity index (χ0v) is 16.1. The molecule has 1 atom stereocenters. The summed E-state index contributed by atoms with van der Waals surface area (Å²) in [4.78, 5) is 19.9. The van der Waals surface area contributed by atoms with E-state index in [1.54, 1.807) is 0 Å². The normalized spacial score (nSPS) is 17.4. The van der Waals surface area contributed by atoms with Gasteiger partial charge in [0.1, 0.15) is 0 Å². The summed E-state index contributed by atoms with van der Waals surface area (Å²) in [5.41, 5.74) is 1.82. The van der Waals surface area contributed by atoms with Gasteiger partial charge in [-0.1, -0.05) is 30.3 Å². The SMILES string of the molecule is CN1CCCC1CCNc1nc2cc(-c3ccccc3)nn2c(=O)n1CCO. The minimum atomic E-state index is -0.304. The van der Waals surface area contributed by atoms with Gasteiger partial charge in [-0.05, 0) is 32.9 Å². The van der Waals surface area contributed by atoms with Crippen molar-refractivity contribution in [3.8, 4) is 11.3 Å². The minimum Gasteiger partial charge on any atom is -0.395 e. The highest BCUT2D eigenvalue weighted by molar-refractivity contribution is 5.64. The zero-order valence-electron chi connectivity index (χ0n) is 16.1. The first-order valence-electron chi connectivity index (χ1n) is 9.78. The molecule has 1 fully saturated rings. The van der Waals surface area contributed by atoms with Crippen LogP contribution in [0.1, 0.15) is 19.3 Å². The highest BCUT2D eigenvalue weighted by atomic mass is 16.3. The molecule has 1 unspecified atom stereocenters. The first kappa shape index (κ1) is 18.6. The Labute approximate surface area is 163 Å². The van der Waals surface area contributed by atoms with Crippen molar-refractivity contribution >= 4 is 11.6 Å². The summed E-state index contributed by atoms with van der Waals surface area (Å²) in [6.45, 7) is 1.90. The van der Waals surface area contributed by atoms with Crippen LogP contribution in [-0.4, -0.2) is 62.0 Å². The Kier molecular flexibility index (Phi) is 5.40. The molecule has 3 heterocycles. The molecule has 0 amide bonds. The average molecular weight is 382 g/mol. The molecule has 3 aromatic rings. The molecule has 0 saturated carbocycles. The topological polar surface area (TPSA) is 87.7 Å². The number of likely N-dealkylation sites (tertiary alicyclic amines) is 1. The van der Waals surface area contributed by atoms with Gasteiger partial charge in [0.15, 0.2) is 5.65 Å². The summed E-state index contributed by atoms with van der Waals surface area (Å²) in [5.74, 6) is 0.478. The molecule has 0 spiro atoms. The number of hydrogen-bond acceptors (Lipinski definition) is 6. The maximum Gasteiger partial charge on any atom is 0.353 e. The smallest absolute Gasteiger partial charge is 0.353 e. The van der Waals surface area contributed by atoms with E-state index in [1.807, 2.05) is 36.4 Å². The molecule has 148 valence electrons. The third-order valence-corrected chi connectivity index (χ3v) is 5.40. The second-order valence-corrected chi connectivity index (χ2v) is 7.25. The van der Waals surface area contributed by atoms with Gasteiger partial charge < -0.3 is 15.3 Å². The fourth-order valence-corrected chi connectivity index (χ4v) is 3.85. The molecular formula is C20H26N6O2. The van der Waals surface area contributed by atoms with E-state index in [9.17, 15) is 9.90 Å². The second-order valence-electron chi connectivity index (χ2n) is 7.25. The van der Waals surface area contributed by atoms with Crippen LogP contribution in [-0.2, 0) is 6.54 Å². The van der Waals surface area contributed by atoms with Crippen molar-refractivity contribution in [3.63, 3.8) is 0 Å². The molecule has 0 radical (unpaired) electrons. The van der Waals surface area contributed by atoms with Gasteiger partial charge in [-0.2, -0.15) is 14.6 Å².